The van der Waals surface area contributed by atoms with Gasteiger partial charge in [-0.1, -0.05) is 0 Å². The van der Waals surface area contributed by atoms with Gasteiger partial charge in [-0.15, -0.1) is 0 Å². The predicted octanol–water partition coefficient (Wildman–Crippen LogP) is 2.31. The van der Waals surface area contributed by atoms with Crippen molar-refractivity contribution >= 4 is 17.2 Å². The molecule has 0 fully saturated rings. The predicted molar refractivity (Wildman–Crippen MR) is 57.5 cm³/mol. The number of carbonyl (C=O) groups is 1. The maximum atomic E-state index is 10.8. The van der Waals surface area contributed by atoms with Crippen LogP contribution in [0, 0.1) is 0 Å². The van der Waals surface area contributed by atoms with Gasteiger partial charge in [0.15, 0.2) is 6.29 Å². The Balaban J connectivity index is 2.32. The van der Waals surface area contributed by atoms with Gasteiger partial charge in [-0.2, -0.15) is 0 Å². The van der Waals surface area contributed by atoms with Gasteiger partial charge >= 0.3 is 0 Å². The number of aromatic amines is 1. The van der Waals surface area contributed by atoms with Crippen LogP contribution in [0.2, 0.25) is 0 Å². The maximum absolute atomic E-state index is 10.8. The van der Waals surface area contributed by atoms with Gasteiger partial charge in [0.1, 0.15) is 5.75 Å². The summed E-state index contributed by atoms with van der Waals surface area (Å²) in [6, 6.07) is 3.90. The first kappa shape index (κ1) is 8.53. The minimum atomic E-state index is 0.721. The molecule has 76 valence electrons. The van der Waals surface area contributed by atoms with Gasteiger partial charge in [0.05, 0.1) is 12.1 Å². The zero-order valence-corrected chi connectivity index (χ0v) is 8.25. The van der Waals surface area contributed by atoms with Crippen LogP contribution >= 0.6 is 0 Å². The second kappa shape index (κ2) is 3.12. The minimum absolute atomic E-state index is 0.721. The van der Waals surface area contributed by atoms with Crippen molar-refractivity contribution in [2.24, 2.45) is 0 Å². The van der Waals surface area contributed by atoms with Gasteiger partial charge in [-0.05, 0) is 25.0 Å². The molecule has 3 rings (SSSR count). The lowest BCUT2D eigenvalue weighted by Gasteiger charge is -2.17. The summed E-state index contributed by atoms with van der Waals surface area (Å²) in [5.41, 5.74) is 2.97. The third-order valence-electron chi connectivity index (χ3n) is 2.91. The third kappa shape index (κ3) is 1.16. The number of aryl methyl sites for hydroxylation is 1. The van der Waals surface area contributed by atoms with Crippen molar-refractivity contribution in [1.29, 1.82) is 0 Å². The number of hydrogen-bond acceptors (Lipinski definition) is 2. The van der Waals surface area contributed by atoms with E-state index >= 15 is 0 Å². The molecule has 1 aliphatic rings. The van der Waals surface area contributed by atoms with E-state index in [0.29, 0.717) is 0 Å². The van der Waals surface area contributed by atoms with Crippen molar-refractivity contribution in [1.82, 2.24) is 4.98 Å². The number of H-pyrrole nitrogens is 1. The maximum Gasteiger partial charge on any atom is 0.152 e. The molecule has 15 heavy (non-hydrogen) atoms. The summed E-state index contributed by atoms with van der Waals surface area (Å²) in [6.45, 7) is 0.791. The molecule has 2 heterocycles. The Morgan fingerprint density at radius 1 is 1.40 bits per heavy atom. The molecule has 3 nitrogen and oxygen atoms in total. The van der Waals surface area contributed by atoms with Crippen molar-refractivity contribution in [3.63, 3.8) is 0 Å². The molecule has 2 aromatic rings. The Morgan fingerprint density at radius 3 is 3.20 bits per heavy atom. The number of rotatable bonds is 1. The zero-order valence-electron chi connectivity index (χ0n) is 8.25. The summed E-state index contributed by atoms with van der Waals surface area (Å²) in [7, 11) is 0. The van der Waals surface area contributed by atoms with Gasteiger partial charge in [-0.3, -0.25) is 4.79 Å². The molecule has 1 N–H and O–H groups in total. The number of benzene rings is 1. The lowest BCUT2D eigenvalue weighted by atomic mass is 10.0. The molecule has 1 aromatic carbocycles. The molecular formula is C12H11NO2. The van der Waals surface area contributed by atoms with E-state index in [-0.39, 0.29) is 0 Å². The standard InChI is InChI=1S/C12H11NO2/c14-7-8-6-13-12-9(8)3-4-11-10(12)2-1-5-15-11/h3-4,6-7,13H,1-2,5H2. The van der Waals surface area contributed by atoms with Crippen LogP contribution in [-0.2, 0) is 6.42 Å². The van der Waals surface area contributed by atoms with Crippen LogP contribution in [0.1, 0.15) is 22.3 Å². The SMILES string of the molecule is O=Cc1c[nH]c2c3c(ccc12)OCCC3. The number of ether oxygens (including phenoxy) is 1. The highest BCUT2D eigenvalue weighted by molar-refractivity contribution is 5.99. The van der Waals surface area contributed by atoms with Crippen molar-refractivity contribution < 1.29 is 9.53 Å². The molecule has 0 bridgehead atoms. The summed E-state index contributed by atoms with van der Waals surface area (Å²) < 4.78 is 5.57. The van der Waals surface area contributed by atoms with Crippen LogP contribution in [0.4, 0.5) is 0 Å². The molecule has 1 aromatic heterocycles. The average molecular weight is 201 g/mol. The van der Waals surface area contributed by atoms with Crippen LogP contribution in [0.5, 0.6) is 5.75 Å². The van der Waals surface area contributed by atoms with Crippen LogP contribution in [0.3, 0.4) is 0 Å². The summed E-state index contributed by atoms with van der Waals surface area (Å²) in [4.78, 5) is 14.0. The Morgan fingerprint density at radius 2 is 2.33 bits per heavy atom. The fourth-order valence-corrected chi connectivity index (χ4v) is 2.17. The molecule has 0 radical (unpaired) electrons. The minimum Gasteiger partial charge on any atom is -0.493 e. The lowest BCUT2D eigenvalue weighted by Crippen LogP contribution is -2.08. The van der Waals surface area contributed by atoms with E-state index in [1.165, 1.54) is 5.56 Å². The van der Waals surface area contributed by atoms with Crippen LogP contribution in [-0.4, -0.2) is 17.9 Å². The lowest BCUT2D eigenvalue weighted by molar-refractivity contribution is 0.112. The molecule has 0 saturated carbocycles. The molecule has 3 heteroatoms. The number of carbonyl (C=O) groups excluding carboxylic acids is 1. The molecular weight excluding hydrogens is 190 g/mol. The van der Waals surface area contributed by atoms with Crippen molar-refractivity contribution in [3.8, 4) is 5.75 Å². The fourth-order valence-electron chi connectivity index (χ4n) is 2.17. The van der Waals surface area contributed by atoms with E-state index < -0.39 is 0 Å². The number of aldehydes is 1. The van der Waals surface area contributed by atoms with Gasteiger partial charge < -0.3 is 9.72 Å². The highest BCUT2D eigenvalue weighted by atomic mass is 16.5. The molecule has 0 spiro atoms. The van der Waals surface area contributed by atoms with Crippen LogP contribution in [0.15, 0.2) is 18.3 Å². The van der Waals surface area contributed by atoms with Gasteiger partial charge in [0.25, 0.3) is 0 Å². The summed E-state index contributed by atoms with van der Waals surface area (Å²) in [5, 5.41) is 0.995. The van der Waals surface area contributed by atoms with Crippen LogP contribution < -0.4 is 4.74 Å². The Kier molecular flexibility index (Phi) is 1.78. The summed E-state index contributed by atoms with van der Waals surface area (Å²) >= 11 is 0. The topological polar surface area (TPSA) is 42.1 Å². The van der Waals surface area contributed by atoms with E-state index in [1.807, 2.05) is 12.1 Å². The highest BCUT2D eigenvalue weighted by Gasteiger charge is 2.15. The third-order valence-corrected chi connectivity index (χ3v) is 2.91. The van der Waals surface area contributed by atoms with E-state index in [4.69, 9.17) is 4.74 Å². The van der Waals surface area contributed by atoms with Crippen molar-refractivity contribution in [2.75, 3.05) is 6.61 Å². The number of nitrogens with one attached hydrogen (secondary N) is 1. The van der Waals surface area contributed by atoms with Gasteiger partial charge in [-0.25, -0.2) is 0 Å². The fraction of sp³-hybridized carbons (Fsp3) is 0.250. The molecule has 0 saturated heterocycles. The second-order valence-corrected chi connectivity index (χ2v) is 3.78. The Bertz CT molecular complexity index is 528. The molecule has 0 aliphatic carbocycles. The summed E-state index contributed by atoms with van der Waals surface area (Å²) in [6.07, 6.45) is 4.70. The second-order valence-electron chi connectivity index (χ2n) is 3.78. The highest BCUT2D eigenvalue weighted by Crippen LogP contribution is 2.32. The quantitative estimate of drug-likeness (QED) is 0.719. The summed E-state index contributed by atoms with van der Waals surface area (Å²) in [5.74, 6) is 0.952. The van der Waals surface area contributed by atoms with Crippen molar-refractivity contribution in [3.05, 3.63) is 29.5 Å². The van der Waals surface area contributed by atoms with Crippen molar-refractivity contribution in [2.45, 2.75) is 12.8 Å². The first-order chi connectivity index (χ1) is 7.40. The first-order valence-corrected chi connectivity index (χ1v) is 5.11. The Labute approximate surface area is 87.1 Å². The molecule has 0 atom stereocenters. The molecule has 0 unspecified atom stereocenters. The largest absolute Gasteiger partial charge is 0.493 e. The van der Waals surface area contributed by atoms with E-state index in [0.717, 1.165) is 48.0 Å². The first-order valence-electron chi connectivity index (χ1n) is 5.11. The normalized spacial score (nSPS) is 14.7. The van der Waals surface area contributed by atoms with Crippen LogP contribution in [0.25, 0.3) is 10.9 Å². The number of fused-ring (bicyclic) bond motifs is 3. The van der Waals surface area contributed by atoms with E-state index in [1.54, 1.807) is 6.20 Å². The smallest absolute Gasteiger partial charge is 0.152 e. The molecule has 0 amide bonds. The van der Waals surface area contributed by atoms with E-state index in [2.05, 4.69) is 4.98 Å². The monoisotopic (exact) mass is 201 g/mol. The number of hydrogen-bond donors (Lipinski definition) is 1. The number of aromatic nitrogens is 1. The average Bonchev–Trinajstić information content (AvgIpc) is 2.72. The van der Waals surface area contributed by atoms with Gasteiger partial charge in [0, 0.05) is 22.7 Å². The Hall–Kier alpha value is -1.77. The molecule has 1 aliphatic heterocycles. The zero-order chi connectivity index (χ0) is 10.3. The van der Waals surface area contributed by atoms with E-state index in [9.17, 15) is 4.79 Å². The van der Waals surface area contributed by atoms with Gasteiger partial charge in [0.2, 0.25) is 0 Å².